The van der Waals surface area contributed by atoms with Crippen molar-refractivity contribution in [2.24, 2.45) is 0 Å². The van der Waals surface area contributed by atoms with Gasteiger partial charge in [-0.1, -0.05) is 72.8 Å². The van der Waals surface area contributed by atoms with E-state index in [4.69, 9.17) is 86.7 Å². The van der Waals surface area contributed by atoms with Crippen molar-refractivity contribution < 1.29 is 97.7 Å². The average molecular weight is 1220 g/mol. The fourth-order valence-electron chi connectivity index (χ4n) is 10.5. The SMILES string of the molecule is OC[C@H](O)[C@H]1O[C@H](O)[C@H](O)[C@H]1OCCOCCOCCOCCOc1ccc(OCCOCCOCCOCCO[C@@H]2[C@@H](O)[C@@H](O)O[C@@H]2[C@@H](O)CO)c2c1-c1nc-2nc2[nH]c(nc3nc(nc4[nH]c(n1)c1ccccc41)-c1ccccc1-3)c1ccccc21. The lowest BCUT2D eigenvalue weighted by Crippen LogP contribution is -2.43. The van der Waals surface area contributed by atoms with Crippen LogP contribution >= 0.6 is 0 Å². The fraction of sp³-hybridized carbons (Fsp3) is 0.467. The summed E-state index contributed by atoms with van der Waals surface area (Å²) in [5.74, 6) is 2.41. The highest BCUT2D eigenvalue weighted by Gasteiger charge is 2.48. The molecule has 4 aliphatic heterocycles. The Hall–Kier alpha value is -6.88. The van der Waals surface area contributed by atoms with Gasteiger partial charge in [0.25, 0.3) is 0 Å². The van der Waals surface area contributed by atoms with Gasteiger partial charge < -0.3 is 108 Å². The van der Waals surface area contributed by atoms with Crippen LogP contribution in [0.4, 0.5) is 0 Å². The molecule has 8 bridgehead atoms. The number of hydrogen-bond acceptors (Lipinski definition) is 26. The summed E-state index contributed by atoms with van der Waals surface area (Å²) in [6, 6.07) is 27.0. The minimum atomic E-state index is -1.55. The summed E-state index contributed by atoms with van der Waals surface area (Å²) in [6.07, 6.45) is -12.8. The largest absolute Gasteiger partial charge is 0.490 e. The van der Waals surface area contributed by atoms with Gasteiger partial charge in [-0.05, 0) is 12.1 Å². The Morgan fingerprint density at radius 2 is 0.693 bits per heavy atom. The molecular formula is C60H70N8O20. The van der Waals surface area contributed by atoms with E-state index in [1.807, 2.05) is 72.8 Å². The minimum Gasteiger partial charge on any atom is -0.490 e. The van der Waals surface area contributed by atoms with Gasteiger partial charge in [0.1, 0.15) is 96.1 Å². The molecule has 10 atom stereocenters. The van der Waals surface area contributed by atoms with E-state index in [0.717, 1.165) is 32.7 Å². The van der Waals surface area contributed by atoms with E-state index in [9.17, 15) is 40.9 Å². The number of aliphatic hydroxyl groups is 8. The Bertz CT molecular complexity index is 3390. The Balaban J connectivity index is 0.767. The van der Waals surface area contributed by atoms with Gasteiger partial charge in [0.15, 0.2) is 35.9 Å². The first-order valence-electron chi connectivity index (χ1n) is 28.9. The predicted octanol–water partition coefficient (Wildman–Crippen LogP) is 1.36. The third-order valence-corrected chi connectivity index (χ3v) is 14.8. The van der Waals surface area contributed by atoms with Crippen LogP contribution in [0.3, 0.4) is 0 Å². The van der Waals surface area contributed by atoms with Crippen LogP contribution in [-0.4, -0.2) is 261 Å². The van der Waals surface area contributed by atoms with Crippen LogP contribution in [0.5, 0.6) is 11.5 Å². The van der Waals surface area contributed by atoms with Crippen LogP contribution in [0.2, 0.25) is 0 Å². The highest BCUT2D eigenvalue weighted by atomic mass is 16.7. The molecule has 3 aromatic heterocycles. The molecule has 470 valence electrons. The number of nitrogens with zero attached hydrogens (tertiary/aromatic N) is 6. The first kappa shape index (κ1) is 62.7. The molecular weight excluding hydrogens is 1150 g/mol. The first-order chi connectivity index (χ1) is 43.1. The molecule has 0 saturated carbocycles. The van der Waals surface area contributed by atoms with Gasteiger partial charge in [-0.3, -0.25) is 0 Å². The van der Waals surface area contributed by atoms with Crippen molar-refractivity contribution in [1.82, 2.24) is 39.9 Å². The highest BCUT2D eigenvalue weighted by molar-refractivity contribution is 6.06. The van der Waals surface area contributed by atoms with Gasteiger partial charge >= 0.3 is 0 Å². The Morgan fingerprint density at radius 1 is 0.386 bits per heavy atom. The highest BCUT2D eigenvalue weighted by Crippen LogP contribution is 2.47. The van der Waals surface area contributed by atoms with Crippen molar-refractivity contribution in [1.29, 1.82) is 0 Å². The van der Waals surface area contributed by atoms with Gasteiger partial charge in [0.2, 0.25) is 0 Å². The molecule has 0 aliphatic carbocycles. The smallest absolute Gasteiger partial charge is 0.184 e. The molecule has 10 N–H and O–H groups in total. The zero-order valence-electron chi connectivity index (χ0n) is 47.7. The van der Waals surface area contributed by atoms with E-state index >= 15 is 0 Å². The maximum atomic E-state index is 10.2. The molecule has 7 aromatic rings. The van der Waals surface area contributed by atoms with E-state index in [1.165, 1.54) is 0 Å². The van der Waals surface area contributed by atoms with Crippen molar-refractivity contribution in [3.8, 4) is 57.1 Å². The molecule has 0 amide bonds. The van der Waals surface area contributed by atoms with Gasteiger partial charge in [-0.15, -0.1) is 0 Å². The summed E-state index contributed by atoms with van der Waals surface area (Å²) in [5.41, 5.74) is 4.72. The molecule has 11 rings (SSSR count). The van der Waals surface area contributed by atoms with Gasteiger partial charge in [-0.2, -0.15) is 0 Å². The molecule has 2 saturated heterocycles. The number of H-pyrrole nitrogens is 2. The quantitative estimate of drug-likeness (QED) is 0.0266. The van der Waals surface area contributed by atoms with Crippen molar-refractivity contribution in [3.63, 3.8) is 0 Å². The van der Waals surface area contributed by atoms with Crippen molar-refractivity contribution in [3.05, 3.63) is 84.9 Å². The second kappa shape index (κ2) is 30.1. The third-order valence-electron chi connectivity index (χ3n) is 14.8. The summed E-state index contributed by atoms with van der Waals surface area (Å²) in [6.45, 7) is 1.80. The summed E-state index contributed by atoms with van der Waals surface area (Å²) >= 11 is 0. The van der Waals surface area contributed by atoms with E-state index in [-0.39, 0.29) is 117 Å². The van der Waals surface area contributed by atoms with Crippen molar-refractivity contribution >= 4 is 44.1 Å². The summed E-state index contributed by atoms with van der Waals surface area (Å²) < 4.78 is 68.8. The number of aromatic amines is 2. The van der Waals surface area contributed by atoms with Gasteiger partial charge in [0, 0.05) is 32.7 Å². The Labute approximate surface area is 502 Å². The van der Waals surface area contributed by atoms with Gasteiger partial charge in [-0.25, -0.2) is 29.9 Å². The minimum absolute atomic E-state index is 0.0351. The van der Waals surface area contributed by atoms with Crippen LogP contribution in [-0.2, 0) is 47.4 Å². The molecule has 4 aromatic carbocycles. The number of ether oxygens (including phenoxy) is 12. The number of benzene rings is 4. The normalized spacial score (nSPS) is 21.3. The maximum Gasteiger partial charge on any atom is 0.184 e. The zero-order chi connectivity index (χ0) is 60.9. The van der Waals surface area contributed by atoms with E-state index in [2.05, 4.69) is 9.97 Å². The molecule has 0 radical (unpaired) electrons. The van der Waals surface area contributed by atoms with Gasteiger partial charge in [0.05, 0.1) is 117 Å². The second-order valence-corrected chi connectivity index (χ2v) is 20.6. The van der Waals surface area contributed by atoms with Crippen molar-refractivity contribution in [2.75, 3.05) is 119 Å². The Kier molecular flexibility index (Phi) is 21.4. The summed E-state index contributed by atoms with van der Waals surface area (Å²) in [4.78, 5) is 37.7. The number of hydrogen-bond donors (Lipinski definition) is 10. The lowest BCUT2D eigenvalue weighted by Gasteiger charge is -2.23. The summed E-state index contributed by atoms with van der Waals surface area (Å²) in [7, 11) is 0. The second-order valence-electron chi connectivity index (χ2n) is 20.6. The fourth-order valence-corrected chi connectivity index (χ4v) is 10.5. The predicted molar refractivity (Wildman–Crippen MR) is 311 cm³/mol. The molecule has 4 aliphatic rings. The number of aromatic nitrogens is 8. The van der Waals surface area contributed by atoms with Crippen LogP contribution in [0.1, 0.15) is 0 Å². The molecule has 0 spiro atoms. The third kappa shape index (κ3) is 14.4. The topological polar surface area (TPSA) is 382 Å². The van der Waals surface area contributed by atoms with E-state index < -0.39 is 74.6 Å². The molecule has 0 unspecified atom stereocenters. The summed E-state index contributed by atoms with van der Waals surface area (Å²) in [5, 5.41) is 81.7. The number of nitrogens with one attached hydrogen (secondary N) is 2. The monoisotopic (exact) mass is 1220 g/mol. The van der Waals surface area contributed by atoms with Crippen LogP contribution in [0.15, 0.2) is 84.9 Å². The van der Waals surface area contributed by atoms with E-state index in [0.29, 0.717) is 56.9 Å². The standard InChI is InChI=1S/C60H70N8O20/c69-31-39(71)47-49(45(73)59(75)87-47)85-29-25-81-21-17-77-15-19-79-23-27-83-41-13-14-42(84-28-24-80-20-16-78-18-22-82-26-30-86-50-46(74)60(76)88-48(50)40(72)32-70)44-43(41)57-66-55-37-11-5-3-9-35(37)53(64-55)62-51-33-7-1-2-8-34(33)52(61-51)63-54-36-10-4-6-12-38(36)56(65-54)67-58(44)68-57/h1-14,39-40,45-50,59-60,69-76H,15-32H2,(H2,61,62,63,64,65,66,67,68)/t39-,40-,45+,46+,47+,48+,49+,50+,59-,60-/m0/s1. The van der Waals surface area contributed by atoms with Crippen LogP contribution < -0.4 is 9.47 Å². The van der Waals surface area contributed by atoms with Crippen molar-refractivity contribution in [2.45, 2.75) is 61.4 Å². The molecule has 7 heterocycles. The molecule has 88 heavy (non-hydrogen) atoms. The number of aliphatic hydroxyl groups excluding tert-OH is 8. The number of fused-ring (bicyclic) bond motifs is 20. The van der Waals surface area contributed by atoms with Crippen LogP contribution in [0, 0.1) is 0 Å². The van der Waals surface area contributed by atoms with Crippen LogP contribution in [0.25, 0.3) is 89.7 Å². The van der Waals surface area contributed by atoms with E-state index in [1.54, 1.807) is 12.1 Å². The molecule has 28 nitrogen and oxygen atoms in total. The average Bonchev–Trinajstić information content (AvgIpc) is 1.81. The zero-order valence-corrected chi connectivity index (χ0v) is 47.7. The lowest BCUT2D eigenvalue weighted by atomic mass is 10.1. The lowest BCUT2D eigenvalue weighted by molar-refractivity contribution is -0.151. The first-order valence-corrected chi connectivity index (χ1v) is 28.9. The number of rotatable bonds is 32. The Morgan fingerprint density at radius 3 is 1.05 bits per heavy atom. The molecule has 2 fully saturated rings. The molecule has 28 heteroatoms. The maximum absolute atomic E-state index is 10.2.